The predicted octanol–water partition coefficient (Wildman–Crippen LogP) is 2.48. The Labute approximate surface area is 98.6 Å². The molecule has 2 rings (SSSR count). The minimum atomic E-state index is -0.122. The van der Waals surface area contributed by atoms with E-state index < -0.39 is 0 Å². The second-order valence-corrected chi connectivity index (χ2v) is 5.52. The zero-order chi connectivity index (χ0) is 11.8. The lowest BCUT2D eigenvalue weighted by atomic mass is 9.96. The van der Waals surface area contributed by atoms with Gasteiger partial charge in [-0.2, -0.15) is 9.97 Å². The van der Waals surface area contributed by atoms with E-state index in [9.17, 15) is 0 Å². The van der Waals surface area contributed by atoms with Crippen molar-refractivity contribution in [2.75, 3.05) is 5.73 Å². The summed E-state index contributed by atoms with van der Waals surface area (Å²) in [7, 11) is 0. The summed E-state index contributed by atoms with van der Waals surface area (Å²) in [6.45, 7) is 6.17. The Kier molecular flexibility index (Phi) is 2.63. The van der Waals surface area contributed by atoms with Gasteiger partial charge in [-0.15, -0.1) is 11.3 Å². The number of nitrogens with two attached hydrogens (primary N) is 1. The van der Waals surface area contributed by atoms with Gasteiger partial charge in [-0.3, -0.25) is 0 Å². The van der Waals surface area contributed by atoms with Crippen molar-refractivity contribution in [3.63, 3.8) is 0 Å². The van der Waals surface area contributed by atoms with Crippen LogP contribution >= 0.6 is 11.3 Å². The van der Waals surface area contributed by atoms with Crippen LogP contribution < -0.4 is 5.73 Å². The minimum Gasteiger partial charge on any atom is -0.368 e. The van der Waals surface area contributed by atoms with Gasteiger partial charge in [0, 0.05) is 5.41 Å². The van der Waals surface area contributed by atoms with Gasteiger partial charge in [-0.25, -0.2) is 4.98 Å². The topological polar surface area (TPSA) is 64.7 Å². The molecule has 0 saturated carbocycles. The molecular weight excluding hydrogens is 220 g/mol. The number of hydrogen-bond donors (Lipinski definition) is 1. The van der Waals surface area contributed by atoms with Crippen LogP contribution in [-0.2, 0) is 5.41 Å². The molecule has 2 aromatic rings. The lowest BCUT2D eigenvalue weighted by Gasteiger charge is -2.16. The Morgan fingerprint density at radius 1 is 1.19 bits per heavy atom. The molecule has 84 valence electrons. The number of hydrogen-bond acceptors (Lipinski definition) is 5. The van der Waals surface area contributed by atoms with Crippen LogP contribution in [0.15, 0.2) is 17.5 Å². The van der Waals surface area contributed by atoms with Gasteiger partial charge in [-0.05, 0) is 11.4 Å². The highest BCUT2D eigenvalue weighted by molar-refractivity contribution is 7.13. The first-order chi connectivity index (χ1) is 7.47. The number of nitrogens with zero attached hydrogens (tertiary/aromatic N) is 3. The fourth-order valence-electron chi connectivity index (χ4n) is 1.24. The van der Waals surface area contributed by atoms with Crippen LogP contribution in [0.4, 0.5) is 5.95 Å². The molecule has 0 spiro atoms. The lowest BCUT2D eigenvalue weighted by molar-refractivity contribution is 0.544. The van der Waals surface area contributed by atoms with E-state index in [1.165, 1.54) is 0 Å². The first-order valence-corrected chi connectivity index (χ1v) is 5.91. The molecule has 0 radical (unpaired) electrons. The Morgan fingerprint density at radius 2 is 1.94 bits per heavy atom. The second-order valence-electron chi connectivity index (χ2n) is 4.57. The average molecular weight is 234 g/mol. The molecule has 2 N–H and O–H groups in total. The molecule has 4 nitrogen and oxygen atoms in total. The Hall–Kier alpha value is -1.49. The van der Waals surface area contributed by atoms with E-state index in [0.29, 0.717) is 5.82 Å². The molecule has 2 heterocycles. The Balaban J connectivity index is 2.53. The SMILES string of the molecule is CC(C)(C)c1nc(N)nc(-c2cccs2)n1. The van der Waals surface area contributed by atoms with Crippen molar-refractivity contribution < 1.29 is 0 Å². The van der Waals surface area contributed by atoms with Gasteiger partial charge in [0.05, 0.1) is 4.88 Å². The van der Waals surface area contributed by atoms with E-state index in [4.69, 9.17) is 5.73 Å². The summed E-state index contributed by atoms with van der Waals surface area (Å²) in [6.07, 6.45) is 0. The van der Waals surface area contributed by atoms with Gasteiger partial charge >= 0.3 is 0 Å². The van der Waals surface area contributed by atoms with Gasteiger partial charge in [0.25, 0.3) is 0 Å². The van der Waals surface area contributed by atoms with Crippen LogP contribution in [-0.4, -0.2) is 15.0 Å². The van der Waals surface area contributed by atoms with Crippen LogP contribution in [0.2, 0.25) is 0 Å². The van der Waals surface area contributed by atoms with Crippen molar-refractivity contribution in [3.05, 3.63) is 23.3 Å². The Bertz CT molecular complexity index is 485. The summed E-state index contributed by atoms with van der Waals surface area (Å²) < 4.78 is 0. The quantitative estimate of drug-likeness (QED) is 0.823. The highest BCUT2D eigenvalue weighted by Gasteiger charge is 2.19. The highest BCUT2D eigenvalue weighted by Crippen LogP contribution is 2.24. The third kappa shape index (κ3) is 2.19. The Morgan fingerprint density at radius 3 is 2.50 bits per heavy atom. The largest absolute Gasteiger partial charge is 0.368 e. The number of rotatable bonds is 1. The van der Waals surface area contributed by atoms with Crippen LogP contribution in [0.1, 0.15) is 26.6 Å². The minimum absolute atomic E-state index is 0.122. The monoisotopic (exact) mass is 234 g/mol. The van der Waals surface area contributed by atoms with Gasteiger partial charge < -0.3 is 5.73 Å². The molecular formula is C11H14N4S. The summed E-state index contributed by atoms with van der Waals surface area (Å²) in [6, 6.07) is 3.95. The molecule has 0 aliphatic rings. The first kappa shape index (κ1) is 11.0. The van der Waals surface area contributed by atoms with Gasteiger partial charge in [0.1, 0.15) is 5.82 Å². The molecule has 0 fully saturated rings. The molecule has 5 heteroatoms. The zero-order valence-corrected chi connectivity index (χ0v) is 10.4. The molecule has 0 aromatic carbocycles. The molecule has 0 unspecified atom stereocenters. The van der Waals surface area contributed by atoms with Crippen LogP contribution in [0.5, 0.6) is 0 Å². The van der Waals surface area contributed by atoms with Crippen LogP contribution in [0.25, 0.3) is 10.7 Å². The number of anilines is 1. The standard InChI is InChI=1S/C11H14N4S/c1-11(2,3)9-13-8(14-10(12)15-9)7-5-4-6-16-7/h4-6H,1-3H3,(H2,12,13,14,15). The maximum atomic E-state index is 5.70. The van der Waals surface area contributed by atoms with Crippen molar-refractivity contribution in [1.29, 1.82) is 0 Å². The van der Waals surface area contributed by atoms with Crippen molar-refractivity contribution >= 4 is 17.3 Å². The van der Waals surface area contributed by atoms with E-state index in [-0.39, 0.29) is 11.4 Å². The second kappa shape index (κ2) is 3.83. The van der Waals surface area contributed by atoms with Crippen molar-refractivity contribution in [2.45, 2.75) is 26.2 Å². The molecule has 0 bridgehead atoms. The number of aromatic nitrogens is 3. The van der Waals surface area contributed by atoms with Crippen molar-refractivity contribution in [3.8, 4) is 10.7 Å². The molecule has 16 heavy (non-hydrogen) atoms. The maximum Gasteiger partial charge on any atom is 0.223 e. The van der Waals surface area contributed by atoms with Crippen molar-refractivity contribution in [1.82, 2.24) is 15.0 Å². The molecule has 0 saturated heterocycles. The number of thiophene rings is 1. The summed E-state index contributed by atoms with van der Waals surface area (Å²) in [5.41, 5.74) is 5.58. The van der Waals surface area contributed by atoms with Crippen LogP contribution in [0.3, 0.4) is 0 Å². The molecule has 0 atom stereocenters. The highest BCUT2D eigenvalue weighted by atomic mass is 32.1. The molecule has 2 aromatic heterocycles. The van der Waals surface area contributed by atoms with E-state index >= 15 is 0 Å². The number of nitrogen functional groups attached to an aromatic ring is 1. The van der Waals surface area contributed by atoms with E-state index in [2.05, 4.69) is 35.7 Å². The fraction of sp³-hybridized carbons (Fsp3) is 0.364. The summed E-state index contributed by atoms with van der Waals surface area (Å²) in [5.74, 6) is 1.67. The maximum absolute atomic E-state index is 5.70. The first-order valence-electron chi connectivity index (χ1n) is 5.03. The van der Waals surface area contributed by atoms with Crippen LogP contribution in [0, 0.1) is 0 Å². The smallest absolute Gasteiger partial charge is 0.223 e. The normalized spacial score (nSPS) is 11.7. The average Bonchev–Trinajstić information content (AvgIpc) is 2.68. The molecule has 0 aliphatic carbocycles. The van der Waals surface area contributed by atoms with Gasteiger partial charge in [-0.1, -0.05) is 26.8 Å². The predicted molar refractivity (Wildman–Crippen MR) is 66.3 cm³/mol. The summed E-state index contributed by atoms with van der Waals surface area (Å²) in [5, 5.41) is 1.99. The fourth-order valence-corrected chi connectivity index (χ4v) is 1.90. The van der Waals surface area contributed by atoms with E-state index in [0.717, 1.165) is 10.7 Å². The van der Waals surface area contributed by atoms with Gasteiger partial charge in [0.15, 0.2) is 5.82 Å². The van der Waals surface area contributed by atoms with E-state index in [1.807, 2.05) is 17.5 Å². The third-order valence-electron chi connectivity index (χ3n) is 2.07. The summed E-state index contributed by atoms with van der Waals surface area (Å²) >= 11 is 1.60. The summed E-state index contributed by atoms with van der Waals surface area (Å²) in [4.78, 5) is 13.8. The van der Waals surface area contributed by atoms with Crippen molar-refractivity contribution in [2.24, 2.45) is 0 Å². The zero-order valence-electron chi connectivity index (χ0n) is 9.56. The lowest BCUT2D eigenvalue weighted by Crippen LogP contribution is -2.18. The van der Waals surface area contributed by atoms with Gasteiger partial charge in [0.2, 0.25) is 5.95 Å². The molecule has 0 amide bonds. The van der Waals surface area contributed by atoms with E-state index in [1.54, 1.807) is 11.3 Å². The third-order valence-corrected chi connectivity index (χ3v) is 2.93. The molecule has 0 aliphatic heterocycles.